The molecule has 2 aromatic rings. The lowest BCUT2D eigenvalue weighted by Gasteiger charge is -2.23. The summed E-state index contributed by atoms with van der Waals surface area (Å²) in [6.07, 6.45) is 1.94. The first kappa shape index (κ1) is 17.7. The first-order valence-corrected chi connectivity index (χ1v) is 8.03. The van der Waals surface area contributed by atoms with E-state index in [2.05, 4.69) is 6.92 Å². The molecule has 0 atom stereocenters. The minimum Gasteiger partial charge on any atom is -0.334 e. The molecule has 0 fully saturated rings. The number of nitrogens with zero attached hydrogens (tertiary/aromatic N) is 1. The molecule has 24 heavy (non-hydrogen) atoms. The molecule has 2 N–H and O–H groups in total. The number of rotatable bonds is 7. The largest absolute Gasteiger partial charge is 0.334 e. The Balaban J connectivity index is 2.13. The van der Waals surface area contributed by atoms with Gasteiger partial charge in [0, 0.05) is 24.2 Å². The van der Waals surface area contributed by atoms with Crippen molar-refractivity contribution in [3.8, 4) is 0 Å². The SMILES string of the molecule is CCCCN(Cc1ccc(C(=O)NO)cc1)C(=O)c1ccccc1. The molecule has 0 radical (unpaired) electrons. The second kappa shape index (κ2) is 8.84. The summed E-state index contributed by atoms with van der Waals surface area (Å²) >= 11 is 0. The molecule has 0 saturated carbocycles. The molecule has 2 rings (SSSR count). The van der Waals surface area contributed by atoms with Gasteiger partial charge in [-0.3, -0.25) is 14.8 Å². The molecule has 0 aromatic heterocycles. The van der Waals surface area contributed by atoms with Crippen LogP contribution in [0.1, 0.15) is 46.0 Å². The smallest absolute Gasteiger partial charge is 0.274 e. The van der Waals surface area contributed by atoms with Crippen molar-refractivity contribution < 1.29 is 14.8 Å². The summed E-state index contributed by atoms with van der Waals surface area (Å²) in [6, 6.07) is 16.1. The predicted octanol–water partition coefficient (Wildman–Crippen LogP) is 3.25. The van der Waals surface area contributed by atoms with Crippen molar-refractivity contribution in [2.75, 3.05) is 6.54 Å². The van der Waals surface area contributed by atoms with Crippen LogP contribution in [0.3, 0.4) is 0 Å². The number of carbonyl (C=O) groups is 2. The van der Waals surface area contributed by atoms with Crippen LogP contribution in [0.4, 0.5) is 0 Å². The van der Waals surface area contributed by atoms with Crippen molar-refractivity contribution in [1.82, 2.24) is 10.4 Å². The number of nitrogens with one attached hydrogen (secondary N) is 1. The number of benzene rings is 2. The van der Waals surface area contributed by atoms with Crippen molar-refractivity contribution >= 4 is 11.8 Å². The Morgan fingerprint density at radius 1 is 1.00 bits per heavy atom. The molecule has 2 amide bonds. The molecule has 0 unspecified atom stereocenters. The molecule has 0 aliphatic heterocycles. The van der Waals surface area contributed by atoms with Crippen LogP contribution in [-0.4, -0.2) is 28.5 Å². The zero-order chi connectivity index (χ0) is 17.4. The van der Waals surface area contributed by atoms with Crippen LogP contribution in [0.5, 0.6) is 0 Å². The van der Waals surface area contributed by atoms with E-state index in [4.69, 9.17) is 5.21 Å². The van der Waals surface area contributed by atoms with Crippen LogP contribution in [-0.2, 0) is 6.54 Å². The van der Waals surface area contributed by atoms with Crippen LogP contribution in [0.25, 0.3) is 0 Å². The quantitative estimate of drug-likeness (QED) is 0.606. The Morgan fingerprint density at radius 3 is 2.25 bits per heavy atom. The standard InChI is InChI=1S/C19H22N2O3/c1-2-3-13-21(19(23)17-7-5-4-6-8-17)14-15-9-11-16(12-10-15)18(22)20-24/h4-12,24H,2-3,13-14H2,1H3,(H,20,22). The van der Waals surface area contributed by atoms with Gasteiger partial charge in [0.15, 0.2) is 0 Å². The minimum atomic E-state index is -0.551. The van der Waals surface area contributed by atoms with Gasteiger partial charge in [0.25, 0.3) is 11.8 Å². The van der Waals surface area contributed by atoms with Crippen LogP contribution in [0.2, 0.25) is 0 Å². The molecule has 0 aliphatic carbocycles. The summed E-state index contributed by atoms with van der Waals surface area (Å²) in [7, 11) is 0. The molecular weight excluding hydrogens is 304 g/mol. The van der Waals surface area contributed by atoms with E-state index in [-0.39, 0.29) is 5.91 Å². The maximum absolute atomic E-state index is 12.7. The van der Waals surface area contributed by atoms with Gasteiger partial charge < -0.3 is 4.90 Å². The van der Waals surface area contributed by atoms with E-state index in [9.17, 15) is 9.59 Å². The van der Waals surface area contributed by atoms with Crippen molar-refractivity contribution in [2.24, 2.45) is 0 Å². The highest BCUT2D eigenvalue weighted by Crippen LogP contribution is 2.12. The van der Waals surface area contributed by atoms with E-state index in [0.29, 0.717) is 24.2 Å². The Morgan fingerprint density at radius 2 is 1.67 bits per heavy atom. The van der Waals surface area contributed by atoms with E-state index < -0.39 is 5.91 Å². The van der Waals surface area contributed by atoms with Gasteiger partial charge in [0.05, 0.1) is 0 Å². The number of hydrogen-bond donors (Lipinski definition) is 2. The topological polar surface area (TPSA) is 69.6 Å². The lowest BCUT2D eigenvalue weighted by atomic mass is 10.1. The van der Waals surface area contributed by atoms with Gasteiger partial charge in [-0.1, -0.05) is 43.7 Å². The van der Waals surface area contributed by atoms with Gasteiger partial charge in [-0.05, 0) is 36.2 Å². The second-order valence-corrected chi connectivity index (χ2v) is 5.58. The lowest BCUT2D eigenvalue weighted by Crippen LogP contribution is -2.31. The van der Waals surface area contributed by atoms with Gasteiger partial charge in [0.2, 0.25) is 0 Å². The summed E-state index contributed by atoms with van der Waals surface area (Å²) in [5, 5.41) is 8.65. The van der Waals surface area contributed by atoms with E-state index in [1.807, 2.05) is 35.2 Å². The molecule has 0 bridgehead atoms. The first-order chi connectivity index (χ1) is 11.7. The van der Waals surface area contributed by atoms with E-state index in [1.54, 1.807) is 29.7 Å². The molecule has 2 aromatic carbocycles. The molecular formula is C19H22N2O3. The monoisotopic (exact) mass is 326 g/mol. The van der Waals surface area contributed by atoms with Crippen molar-refractivity contribution in [3.05, 3.63) is 71.3 Å². The zero-order valence-electron chi connectivity index (χ0n) is 13.7. The third-order valence-corrected chi connectivity index (χ3v) is 3.78. The molecule has 5 heteroatoms. The number of carbonyl (C=O) groups excluding carboxylic acids is 2. The fraction of sp³-hybridized carbons (Fsp3) is 0.263. The molecule has 0 aliphatic rings. The number of hydrogen-bond acceptors (Lipinski definition) is 3. The van der Waals surface area contributed by atoms with Gasteiger partial charge in [0.1, 0.15) is 0 Å². The maximum atomic E-state index is 12.7. The lowest BCUT2D eigenvalue weighted by molar-refractivity contribution is 0.0704. The van der Waals surface area contributed by atoms with Crippen molar-refractivity contribution in [3.63, 3.8) is 0 Å². The number of amides is 2. The Labute approximate surface area is 141 Å². The highest BCUT2D eigenvalue weighted by molar-refractivity contribution is 5.94. The Hall–Kier alpha value is -2.66. The number of hydroxylamine groups is 1. The fourth-order valence-electron chi connectivity index (χ4n) is 2.41. The Kier molecular flexibility index (Phi) is 6.51. The number of unbranched alkanes of at least 4 members (excludes halogenated alkanes) is 1. The molecule has 0 heterocycles. The summed E-state index contributed by atoms with van der Waals surface area (Å²) in [4.78, 5) is 25.9. The summed E-state index contributed by atoms with van der Waals surface area (Å²) in [6.45, 7) is 3.26. The van der Waals surface area contributed by atoms with Gasteiger partial charge in [-0.25, -0.2) is 5.48 Å². The maximum Gasteiger partial charge on any atom is 0.274 e. The van der Waals surface area contributed by atoms with Crippen LogP contribution in [0.15, 0.2) is 54.6 Å². The molecule has 0 saturated heterocycles. The van der Waals surface area contributed by atoms with Crippen LogP contribution in [0, 0.1) is 0 Å². The van der Waals surface area contributed by atoms with E-state index in [0.717, 1.165) is 18.4 Å². The molecule has 126 valence electrons. The highest BCUT2D eigenvalue weighted by atomic mass is 16.5. The summed E-state index contributed by atoms with van der Waals surface area (Å²) in [5.74, 6) is -0.550. The van der Waals surface area contributed by atoms with Gasteiger partial charge >= 0.3 is 0 Å². The highest BCUT2D eigenvalue weighted by Gasteiger charge is 2.15. The zero-order valence-corrected chi connectivity index (χ0v) is 13.7. The molecule has 0 spiro atoms. The normalized spacial score (nSPS) is 10.2. The van der Waals surface area contributed by atoms with Crippen LogP contribution >= 0.6 is 0 Å². The van der Waals surface area contributed by atoms with E-state index >= 15 is 0 Å². The Bertz CT molecular complexity index is 669. The van der Waals surface area contributed by atoms with Crippen LogP contribution < -0.4 is 5.48 Å². The average Bonchev–Trinajstić information content (AvgIpc) is 2.65. The van der Waals surface area contributed by atoms with Gasteiger partial charge in [-0.15, -0.1) is 0 Å². The third-order valence-electron chi connectivity index (χ3n) is 3.78. The summed E-state index contributed by atoms with van der Waals surface area (Å²) in [5.41, 5.74) is 3.58. The third kappa shape index (κ3) is 4.67. The predicted molar refractivity (Wildman–Crippen MR) is 91.8 cm³/mol. The van der Waals surface area contributed by atoms with E-state index in [1.165, 1.54) is 0 Å². The average molecular weight is 326 g/mol. The van der Waals surface area contributed by atoms with Crippen molar-refractivity contribution in [2.45, 2.75) is 26.3 Å². The minimum absolute atomic E-state index is 0.00114. The second-order valence-electron chi connectivity index (χ2n) is 5.58. The van der Waals surface area contributed by atoms with Gasteiger partial charge in [-0.2, -0.15) is 0 Å². The van der Waals surface area contributed by atoms with Crippen molar-refractivity contribution in [1.29, 1.82) is 0 Å². The fourth-order valence-corrected chi connectivity index (χ4v) is 2.41. The molecule has 5 nitrogen and oxygen atoms in total. The summed E-state index contributed by atoms with van der Waals surface area (Å²) < 4.78 is 0. The first-order valence-electron chi connectivity index (χ1n) is 8.03.